The van der Waals surface area contributed by atoms with Gasteiger partial charge in [-0.15, -0.1) is 12.3 Å². The largest absolute Gasteiger partial charge is 0.445 e. The van der Waals surface area contributed by atoms with Crippen molar-refractivity contribution in [3.63, 3.8) is 0 Å². The van der Waals surface area contributed by atoms with Crippen molar-refractivity contribution in [3.8, 4) is 12.3 Å². The third-order valence-electron chi connectivity index (χ3n) is 1.98. The average molecular weight is 217 g/mol. The summed E-state index contributed by atoms with van der Waals surface area (Å²) in [5.74, 6) is 2.51. The van der Waals surface area contributed by atoms with Gasteiger partial charge in [0.2, 0.25) is 0 Å². The Morgan fingerprint density at radius 3 is 2.81 bits per heavy atom. The van der Waals surface area contributed by atoms with Crippen LogP contribution in [0.25, 0.3) is 0 Å². The molecule has 0 aromatic heterocycles. The van der Waals surface area contributed by atoms with Crippen LogP contribution in [0.1, 0.15) is 18.4 Å². The number of ether oxygens (including phenoxy) is 1. The van der Waals surface area contributed by atoms with Crippen LogP contribution in [0.4, 0.5) is 4.79 Å². The minimum Gasteiger partial charge on any atom is -0.445 e. The van der Waals surface area contributed by atoms with Gasteiger partial charge in [-0.1, -0.05) is 30.3 Å². The van der Waals surface area contributed by atoms with Crippen LogP contribution in [0, 0.1) is 12.3 Å². The zero-order valence-electron chi connectivity index (χ0n) is 9.11. The highest BCUT2D eigenvalue weighted by molar-refractivity contribution is 5.67. The topological polar surface area (TPSA) is 38.3 Å². The standard InChI is InChI=1S/C13H15NO2/c1-2-3-7-10-14-13(15)16-11-12-8-5-4-6-9-12/h1,4-6,8-9H,3,7,10-11H2,(H,14,15). The Labute approximate surface area is 95.8 Å². The maximum atomic E-state index is 11.2. The third kappa shape index (κ3) is 5.06. The van der Waals surface area contributed by atoms with E-state index < -0.39 is 6.09 Å². The van der Waals surface area contributed by atoms with Crippen LogP contribution in [-0.2, 0) is 11.3 Å². The van der Waals surface area contributed by atoms with Crippen LogP contribution in [0.2, 0.25) is 0 Å². The number of hydrogen-bond acceptors (Lipinski definition) is 2. The van der Waals surface area contributed by atoms with E-state index in [4.69, 9.17) is 11.2 Å². The first-order chi connectivity index (χ1) is 7.83. The lowest BCUT2D eigenvalue weighted by Gasteiger charge is -2.05. The van der Waals surface area contributed by atoms with Gasteiger partial charge in [0, 0.05) is 13.0 Å². The van der Waals surface area contributed by atoms with E-state index in [1.807, 2.05) is 30.3 Å². The molecule has 0 spiro atoms. The Balaban J connectivity index is 2.14. The molecule has 3 nitrogen and oxygen atoms in total. The number of terminal acetylenes is 1. The van der Waals surface area contributed by atoms with E-state index in [9.17, 15) is 4.79 Å². The highest BCUT2D eigenvalue weighted by atomic mass is 16.5. The lowest BCUT2D eigenvalue weighted by atomic mass is 10.2. The summed E-state index contributed by atoms with van der Waals surface area (Å²) in [4.78, 5) is 11.2. The van der Waals surface area contributed by atoms with Crippen molar-refractivity contribution < 1.29 is 9.53 Å². The maximum absolute atomic E-state index is 11.2. The predicted molar refractivity (Wildman–Crippen MR) is 62.7 cm³/mol. The molecule has 1 amide bonds. The van der Waals surface area contributed by atoms with Crippen molar-refractivity contribution in [1.82, 2.24) is 5.32 Å². The van der Waals surface area contributed by atoms with Crippen LogP contribution in [-0.4, -0.2) is 12.6 Å². The van der Waals surface area contributed by atoms with Crippen LogP contribution in [0.15, 0.2) is 30.3 Å². The number of unbranched alkanes of at least 4 members (excludes halogenated alkanes) is 1. The molecule has 0 bridgehead atoms. The number of nitrogens with one attached hydrogen (secondary N) is 1. The molecule has 0 aliphatic rings. The molecule has 1 rings (SSSR count). The Hall–Kier alpha value is -1.95. The Kier molecular flexibility index (Phi) is 5.57. The molecule has 0 aliphatic heterocycles. The van der Waals surface area contributed by atoms with Crippen molar-refractivity contribution in [2.75, 3.05) is 6.54 Å². The van der Waals surface area contributed by atoms with Crippen molar-refractivity contribution in [3.05, 3.63) is 35.9 Å². The SMILES string of the molecule is C#CCCCNC(=O)OCc1ccccc1. The summed E-state index contributed by atoms with van der Waals surface area (Å²) in [6, 6.07) is 9.55. The van der Waals surface area contributed by atoms with Crippen molar-refractivity contribution in [1.29, 1.82) is 0 Å². The van der Waals surface area contributed by atoms with Crippen LogP contribution in [0.3, 0.4) is 0 Å². The minimum absolute atomic E-state index is 0.293. The molecule has 16 heavy (non-hydrogen) atoms. The second kappa shape index (κ2) is 7.36. The summed E-state index contributed by atoms with van der Waals surface area (Å²) in [7, 11) is 0. The first kappa shape index (κ1) is 12.1. The van der Waals surface area contributed by atoms with E-state index >= 15 is 0 Å². The monoisotopic (exact) mass is 217 g/mol. The highest BCUT2D eigenvalue weighted by Crippen LogP contribution is 2.00. The summed E-state index contributed by atoms with van der Waals surface area (Å²) in [5.41, 5.74) is 0.973. The van der Waals surface area contributed by atoms with Gasteiger partial charge in [0.15, 0.2) is 0 Å². The van der Waals surface area contributed by atoms with Crippen LogP contribution < -0.4 is 5.32 Å². The van der Waals surface area contributed by atoms with E-state index in [0.29, 0.717) is 19.6 Å². The fourth-order valence-corrected chi connectivity index (χ4v) is 1.16. The second-order valence-corrected chi connectivity index (χ2v) is 3.30. The van der Waals surface area contributed by atoms with E-state index in [2.05, 4.69) is 11.2 Å². The predicted octanol–water partition coefficient (Wildman–Crippen LogP) is 2.33. The summed E-state index contributed by atoms with van der Waals surface area (Å²) < 4.78 is 5.01. The molecule has 0 atom stereocenters. The molecule has 0 fully saturated rings. The van der Waals surface area contributed by atoms with Gasteiger partial charge in [-0.25, -0.2) is 4.79 Å². The highest BCUT2D eigenvalue weighted by Gasteiger charge is 2.00. The summed E-state index contributed by atoms with van der Waals surface area (Å²) in [5, 5.41) is 2.63. The number of carbonyl (C=O) groups excluding carboxylic acids is 1. The van der Waals surface area contributed by atoms with Gasteiger partial charge in [0.25, 0.3) is 0 Å². The molecule has 0 heterocycles. The molecule has 1 aromatic rings. The van der Waals surface area contributed by atoms with E-state index in [1.165, 1.54) is 0 Å². The summed E-state index contributed by atoms with van der Waals surface area (Å²) in [6.07, 6.45) is 6.12. The average Bonchev–Trinajstić information content (AvgIpc) is 2.33. The van der Waals surface area contributed by atoms with Crippen molar-refractivity contribution in [2.45, 2.75) is 19.4 Å². The normalized spacial score (nSPS) is 9.19. The first-order valence-corrected chi connectivity index (χ1v) is 5.21. The number of amides is 1. The fourth-order valence-electron chi connectivity index (χ4n) is 1.16. The summed E-state index contributed by atoms with van der Waals surface area (Å²) >= 11 is 0. The Morgan fingerprint density at radius 2 is 2.12 bits per heavy atom. The lowest BCUT2D eigenvalue weighted by Crippen LogP contribution is -2.25. The lowest BCUT2D eigenvalue weighted by molar-refractivity contribution is 0.139. The number of rotatable bonds is 5. The van der Waals surface area contributed by atoms with Gasteiger partial charge in [-0.2, -0.15) is 0 Å². The second-order valence-electron chi connectivity index (χ2n) is 3.30. The molecule has 0 saturated carbocycles. The molecule has 3 heteroatoms. The Morgan fingerprint density at radius 1 is 1.38 bits per heavy atom. The molecular formula is C13H15NO2. The summed E-state index contributed by atoms with van der Waals surface area (Å²) in [6.45, 7) is 0.847. The zero-order chi connectivity index (χ0) is 11.6. The van der Waals surface area contributed by atoms with Gasteiger partial charge in [-0.05, 0) is 12.0 Å². The number of alkyl carbamates (subject to hydrolysis) is 1. The quantitative estimate of drug-likeness (QED) is 0.607. The molecule has 1 aromatic carbocycles. The van der Waals surface area contributed by atoms with Crippen LogP contribution >= 0.6 is 0 Å². The van der Waals surface area contributed by atoms with Crippen LogP contribution in [0.5, 0.6) is 0 Å². The van der Waals surface area contributed by atoms with Crippen molar-refractivity contribution >= 4 is 6.09 Å². The fraction of sp³-hybridized carbons (Fsp3) is 0.308. The number of benzene rings is 1. The molecule has 0 saturated heterocycles. The van der Waals surface area contributed by atoms with Gasteiger partial charge >= 0.3 is 6.09 Å². The first-order valence-electron chi connectivity index (χ1n) is 5.21. The van der Waals surface area contributed by atoms with Gasteiger partial charge < -0.3 is 10.1 Å². The van der Waals surface area contributed by atoms with E-state index in [1.54, 1.807) is 0 Å². The van der Waals surface area contributed by atoms with Gasteiger partial charge in [0.05, 0.1) is 0 Å². The van der Waals surface area contributed by atoms with Crippen molar-refractivity contribution in [2.24, 2.45) is 0 Å². The molecule has 84 valence electrons. The molecular weight excluding hydrogens is 202 g/mol. The minimum atomic E-state index is -0.402. The zero-order valence-corrected chi connectivity index (χ0v) is 9.11. The van der Waals surface area contributed by atoms with E-state index in [0.717, 1.165) is 12.0 Å². The van der Waals surface area contributed by atoms with Gasteiger partial charge in [-0.3, -0.25) is 0 Å². The molecule has 1 N–H and O–H groups in total. The molecule has 0 unspecified atom stereocenters. The maximum Gasteiger partial charge on any atom is 0.407 e. The molecule has 0 aliphatic carbocycles. The Bertz CT molecular complexity index is 354. The smallest absolute Gasteiger partial charge is 0.407 e. The number of carbonyl (C=O) groups is 1. The van der Waals surface area contributed by atoms with Gasteiger partial charge in [0.1, 0.15) is 6.61 Å². The molecule has 0 radical (unpaired) electrons. The van der Waals surface area contributed by atoms with E-state index in [-0.39, 0.29) is 0 Å². The number of hydrogen-bond donors (Lipinski definition) is 1. The third-order valence-corrected chi connectivity index (χ3v) is 1.98.